The van der Waals surface area contributed by atoms with Crippen LogP contribution in [0.1, 0.15) is 0 Å². The summed E-state index contributed by atoms with van der Waals surface area (Å²) < 4.78 is 75.9. The van der Waals surface area contributed by atoms with Crippen molar-refractivity contribution in [3.05, 3.63) is 71.1 Å². The summed E-state index contributed by atoms with van der Waals surface area (Å²) in [5.41, 5.74) is -6.18. The number of halogens is 3. The number of hydrogen-bond donors (Lipinski definition) is 0. The van der Waals surface area contributed by atoms with Crippen molar-refractivity contribution in [2.45, 2.75) is 5.51 Å². The highest BCUT2D eigenvalue weighted by Crippen LogP contribution is 2.27. The summed E-state index contributed by atoms with van der Waals surface area (Å²) in [6.45, 7) is 0. The van der Waals surface area contributed by atoms with Gasteiger partial charge in [0.05, 0.1) is 14.2 Å². The maximum atomic E-state index is 12.7. The molecule has 0 bridgehead atoms. The third-order valence-corrected chi connectivity index (χ3v) is 4.45. The lowest BCUT2D eigenvalue weighted by Gasteiger charge is -2.09. The molecule has 11 heteroatoms. The Morgan fingerprint density at radius 3 is 2.03 bits per heavy atom. The first kappa shape index (κ1) is 22.1. The summed E-state index contributed by atoms with van der Waals surface area (Å²) in [5.74, 6) is -0.388. The smallest absolute Gasteiger partial charge is 0.497 e. The summed E-state index contributed by atoms with van der Waals surface area (Å²) >= 11 is 0. The number of benzene rings is 1. The molecule has 0 aliphatic heterocycles. The zero-order valence-electron chi connectivity index (χ0n) is 15.2. The Hall–Kier alpha value is -3.21. The van der Waals surface area contributed by atoms with Gasteiger partial charge in [0.1, 0.15) is 11.5 Å². The molecule has 0 atom stereocenters. The van der Waals surface area contributed by atoms with Gasteiger partial charge in [-0.15, -0.1) is 0 Å². The van der Waals surface area contributed by atoms with Crippen LogP contribution in [0.15, 0.2) is 65.6 Å². The minimum atomic E-state index is -5.99. The number of alkyl halides is 3. The number of ether oxygens (including phenoxy) is 2. The molecule has 0 amide bonds. The molecule has 0 saturated carbocycles. The second-order valence-corrected chi connectivity index (χ2v) is 6.93. The van der Waals surface area contributed by atoms with Gasteiger partial charge in [0.15, 0.2) is 5.75 Å². The molecule has 1 aromatic heterocycles. The first-order valence-electron chi connectivity index (χ1n) is 7.87. The van der Waals surface area contributed by atoms with Crippen molar-refractivity contribution in [2.75, 3.05) is 14.2 Å². The first-order chi connectivity index (χ1) is 13.6. The van der Waals surface area contributed by atoms with Crippen molar-refractivity contribution in [3.63, 3.8) is 0 Å². The molecule has 1 heterocycles. The highest BCUT2D eigenvalue weighted by molar-refractivity contribution is 7.88. The zero-order chi connectivity index (χ0) is 21.7. The van der Waals surface area contributed by atoms with Crippen LogP contribution in [0.5, 0.6) is 17.2 Å². The van der Waals surface area contributed by atoms with E-state index in [2.05, 4.69) is 4.18 Å². The average molecular weight is 431 g/mol. The monoisotopic (exact) mass is 431 g/mol. The second kappa shape index (κ2) is 8.86. The van der Waals surface area contributed by atoms with Crippen LogP contribution in [-0.2, 0) is 10.1 Å². The van der Waals surface area contributed by atoms with Crippen LogP contribution in [0, 0.1) is 0 Å². The predicted molar refractivity (Wildman–Crippen MR) is 98.4 cm³/mol. The highest BCUT2D eigenvalue weighted by atomic mass is 32.2. The molecule has 0 fully saturated rings. The largest absolute Gasteiger partial charge is 0.534 e. The Kier molecular flexibility index (Phi) is 6.75. The molecule has 0 radical (unpaired) electrons. The van der Waals surface area contributed by atoms with Crippen molar-refractivity contribution in [3.8, 4) is 22.9 Å². The Bertz CT molecular complexity index is 1080. The van der Waals surface area contributed by atoms with E-state index in [0.29, 0.717) is 17.5 Å². The van der Waals surface area contributed by atoms with Crippen LogP contribution in [0.25, 0.3) is 5.69 Å². The molecule has 29 heavy (non-hydrogen) atoms. The molecular weight excluding hydrogens is 415 g/mol. The molecule has 0 aliphatic rings. The zero-order valence-corrected chi connectivity index (χ0v) is 16.0. The van der Waals surface area contributed by atoms with Crippen LogP contribution in [0.3, 0.4) is 0 Å². The lowest BCUT2D eigenvalue weighted by atomic mass is 10.3. The summed E-state index contributed by atoms with van der Waals surface area (Å²) in [6.07, 6.45) is 1.34. The molecule has 0 aliphatic carbocycles. The van der Waals surface area contributed by atoms with Gasteiger partial charge in [0, 0.05) is 24.0 Å². The molecule has 0 N–H and O–H groups in total. The first-order valence-corrected chi connectivity index (χ1v) is 9.28. The number of aromatic nitrogens is 1. The van der Waals surface area contributed by atoms with Gasteiger partial charge in [-0.3, -0.25) is 9.36 Å². The summed E-state index contributed by atoms with van der Waals surface area (Å²) in [5, 5.41) is 0. The van der Waals surface area contributed by atoms with Gasteiger partial charge in [0.25, 0.3) is 5.56 Å². The highest BCUT2D eigenvalue weighted by Gasteiger charge is 2.48. The third kappa shape index (κ3) is 5.64. The quantitative estimate of drug-likeness (QED) is 0.534. The lowest BCUT2D eigenvalue weighted by molar-refractivity contribution is -0.0500. The molecule has 0 saturated heterocycles. The van der Waals surface area contributed by atoms with E-state index in [-0.39, 0.29) is 5.75 Å². The van der Waals surface area contributed by atoms with Crippen LogP contribution in [0.2, 0.25) is 0 Å². The summed E-state index contributed by atoms with van der Waals surface area (Å²) in [6, 6.07) is 11.9. The van der Waals surface area contributed by atoms with Crippen LogP contribution < -0.4 is 19.2 Å². The van der Waals surface area contributed by atoms with Gasteiger partial charge in [-0.2, -0.15) is 21.6 Å². The van der Waals surface area contributed by atoms with Gasteiger partial charge >= 0.3 is 15.6 Å². The van der Waals surface area contributed by atoms with Crippen molar-refractivity contribution < 1.29 is 35.2 Å². The van der Waals surface area contributed by atoms with Gasteiger partial charge in [-0.1, -0.05) is 6.07 Å². The van der Waals surface area contributed by atoms with Gasteiger partial charge in [-0.05, 0) is 36.4 Å². The fourth-order valence-corrected chi connectivity index (χ4v) is 2.53. The molecule has 2 aromatic rings. The Labute approximate surface area is 164 Å². The fraction of sp³-hybridized carbons (Fsp3) is 0.167. The van der Waals surface area contributed by atoms with Crippen molar-refractivity contribution in [2.24, 2.45) is 0 Å². The van der Waals surface area contributed by atoms with E-state index in [1.807, 2.05) is 0 Å². The van der Waals surface area contributed by atoms with Crippen LogP contribution >= 0.6 is 0 Å². The fourth-order valence-electron chi connectivity index (χ4n) is 2.09. The normalized spacial score (nSPS) is 11.3. The molecule has 0 spiro atoms. The van der Waals surface area contributed by atoms with Crippen LogP contribution in [0.4, 0.5) is 13.2 Å². The van der Waals surface area contributed by atoms with Gasteiger partial charge < -0.3 is 13.7 Å². The van der Waals surface area contributed by atoms with E-state index in [1.165, 1.54) is 50.7 Å². The SMILES string of the molecule is COc1ccc(-n2ccccc(OC)cc(OS(=O)(=O)C(F)(F)F)cc2=O)cc1. The van der Waals surface area contributed by atoms with Crippen molar-refractivity contribution in [1.82, 2.24) is 4.57 Å². The summed E-state index contributed by atoms with van der Waals surface area (Å²) in [4.78, 5) is 12.6. The minimum absolute atomic E-state index is 0.0380. The number of methoxy groups -OCH3 is 2. The molecule has 7 nitrogen and oxygen atoms in total. The molecule has 2 rings (SSSR count). The van der Waals surface area contributed by atoms with E-state index in [0.717, 1.165) is 10.6 Å². The second-order valence-electron chi connectivity index (χ2n) is 5.39. The molecule has 1 aromatic carbocycles. The number of nitrogens with zero attached hydrogens (tertiary/aromatic N) is 1. The topological polar surface area (TPSA) is 83.8 Å². The molecule has 156 valence electrons. The summed E-state index contributed by atoms with van der Waals surface area (Å²) in [7, 11) is -3.32. The van der Waals surface area contributed by atoms with E-state index >= 15 is 0 Å². The lowest BCUT2D eigenvalue weighted by Crippen LogP contribution is -2.28. The Morgan fingerprint density at radius 2 is 1.48 bits per heavy atom. The minimum Gasteiger partial charge on any atom is -0.497 e. The maximum Gasteiger partial charge on any atom is 0.534 e. The maximum absolute atomic E-state index is 12.7. The number of rotatable bonds is 5. The Balaban J connectivity index is 2.72. The predicted octanol–water partition coefficient (Wildman–Crippen LogP) is 3.21. The average Bonchev–Trinajstić information content (AvgIpc) is 2.65. The Morgan fingerprint density at radius 1 is 0.862 bits per heavy atom. The third-order valence-electron chi connectivity index (χ3n) is 3.47. The molecular formula is C18H16F3NO6S. The van der Waals surface area contributed by atoms with Crippen LogP contribution in [-0.4, -0.2) is 32.7 Å². The van der Waals surface area contributed by atoms with Gasteiger partial charge in [0.2, 0.25) is 0 Å². The van der Waals surface area contributed by atoms with Crippen molar-refractivity contribution >= 4 is 10.1 Å². The van der Waals surface area contributed by atoms with E-state index in [4.69, 9.17) is 9.47 Å². The van der Waals surface area contributed by atoms with E-state index < -0.39 is 26.9 Å². The van der Waals surface area contributed by atoms with Crippen molar-refractivity contribution in [1.29, 1.82) is 0 Å². The van der Waals surface area contributed by atoms with Gasteiger partial charge in [-0.25, -0.2) is 0 Å². The van der Waals surface area contributed by atoms with E-state index in [1.54, 1.807) is 12.1 Å². The standard InChI is InChI=1S/C18H16F3NO6S/c1-26-14-8-6-13(7-9-14)22-10-4-3-5-15(27-2)11-16(12-17(22)23)28-29(24,25)18(19,20)21/h3-12H,1-2H3. The molecule has 0 unspecified atom stereocenters. The van der Waals surface area contributed by atoms with E-state index in [9.17, 15) is 26.4 Å². The number of hydrogen-bond acceptors (Lipinski definition) is 6.